The van der Waals surface area contributed by atoms with E-state index in [9.17, 15) is 17.6 Å². The van der Waals surface area contributed by atoms with Gasteiger partial charge < -0.3 is 9.64 Å². The lowest BCUT2D eigenvalue weighted by atomic mass is 10.0. The van der Waals surface area contributed by atoms with Crippen molar-refractivity contribution in [3.63, 3.8) is 0 Å². The molecule has 0 radical (unpaired) electrons. The molecule has 0 saturated carbocycles. The van der Waals surface area contributed by atoms with Gasteiger partial charge in [-0.1, -0.05) is 24.8 Å². The second-order valence-electron chi connectivity index (χ2n) is 5.33. The minimum atomic E-state index is -4.73. The summed E-state index contributed by atoms with van der Waals surface area (Å²) in [4.78, 5) is 1.71. The lowest BCUT2D eigenvalue weighted by Gasteiger charge is -2.25. The van der Waals surface area contributed by atoms with Crippen molar-refractivity contribution >= 4 is 11.3 Å². The first-order valence-corrected chi connectivity index (χ1v) is 7.32. The third-order valence-electron chi connectivity index (χ3n) is 3.54. The lowest BCUT2D eigenvalue weighted by Crippen LogP contribution is -2.18. The molecule has 128 valence electrons. The average Bonchev–Trinajstić information content (AvgIpc) is 2.55. The zero-order chi connectivity index (χ0) is 18.0. The highest BCUT2D eigenvalue weighted by Crippen LogP contribution is 2.31. The van der Waals surface area contributed by atoms with Crippen LogP contribution in [0.3, 0.4) is 0 Å². The highest BCUT2D eigenvalue weighted by molar-refractivity contribution is 5.81. The van der Waals surface area contributed by atoms with Gasteiger partial charge in [0.2, 0.25) is 0 Å². The van der Waals surface area contributed by atoms with E-state index in [-0.39, 0.29) is 11.6 Å². The molecular weight excluding hydrogens is 334 g/mol. The summed E-state index contributed by atoms with van der Waals surface area (Å²) < 4.78 is 54.0. The van der Waals surface area contributed by atoms with Crippen molar-refractivity contribution in [1.82, 2.24) is 0 Å². The molecule has 3 rings (SSSR count). The Kier molecular flexibility index (Phi) is 4.35. The van der Waals surface area contributed by atoms with Gasteiger partial charge in [-0.15, -0.1) is 13.2 Å². The van der Waals surface area contributed by atoms with Gasteiger partial charge in [-0.05, 0) is 53.6 Å². The van der Waals surface area contributed by atoms with E-state index in [4.69, 9.17) is 0 Å². The second kappa shape index (κ2) is 6.47. The van der Waals surface area contributed by atoms with Crippen LogP contribution in [0.5, 0.6) is 5.75 Å². The fraction of sp³-hybridized carbons (Fsp3) is 0.0526. The molecule has 0 saturated heterocycles. The number of benzene rings is 2. The van der Waals surface area contributed by atoms with Crippen molar-refractivity contribution in [1.29, 1.82) is 0 Å². The first-order chi connectivity index (χ1) is 11.8. The summed E-state index contributed by atoms with van der Waals surface area (Å²) in [6.45, 7) is 3.91. The van der Waals surface area contributed by atoms with E-state index in [1.54, 1.807) is 35.4 Å². The fourth-order valence-electron chi connectivity index (χ4n) is 2.42. The van der Waals surface area contributed by atoms with Gasteiger partial charge in [0.05, 0.1) is 0 Å². The minimum absolute atomic E-state index is 0.302. The van der Waals surface area contributed by atoms with Gasteiger partial charge in [0, 0.05) is 17.6 Å². The van der Waals surface area contributed by atoms with Gasteiger partial charge in [0.1, 0.15) is 11.6 Å². The standard InChI is InChI=1S/C19H13F4NO/c1-13-5-6-15(14-3-2-4-16(20)11-14)12-24(13)17-7-9-18(10-8-17)25-19(21,22)23/h2-12H,1H2. The van der Waals surface area contributed by atoms with Crippen LogP contribution < -0.4 is 9.64 Å². The maximum Gasteiger partial charge on any atom is 0.573 e. The maximum absolute atomic E-state index is 13.4. The van der Waals surface area contributed by atoms with E-state index >= 15 is 0 Å². The number of allylic oxidation sites excluding steroid dienone is 3. The van der Waals surface area contributed by atoms with E-state index in [0.29, 0.717) is 16.9 Å². The predicted octanol–water partition coefficient (Wildman–Crippen LogP) is 5.66. The van der Waals surface area contributed by atoms with Gasteiger partial charge in [-0.25, -0.2) is 4.39 Å². The molecule has 0 N–H and O–H groups in total. The van der Waals surface area contributed by atoms with Crippen LogP contribution in [0.1, 0.15) is 5.56 Å². The Morgan fingerprint density at radius 3 is 2.32 bits per heavy atom. The first kappa shape index (κ1) is 16.8. The number of hydrogen-bond acceptors (Lipinski definition) is 2. The zero-order valence-electron chi connectivity index (χ0n) is 12.9. The summed E-state index contributed by atoms with van der Waals surface area (Å²) in [5, 5.41) is 0. The topological polar surface area (TPSA) is 12.5 Å². The smallest absolute Gasteiger partial charge is 0.406 e. The SMILES string of the molecule is C=C1C=CC(c2cccc(F)c2)=CN1c1ccc(OC(F)(F)F)cc1. The Morgan fingerprint density at radius 1 is 0.960 bits per heavy atom. The number of rotatable bonds is 3. The second-order valence-corrected chi connectivity index (χ2v) is 5.33. The van der Waals surface area contributed by atoms with E-state index < -0.39 is 6.36 Å². The molecule has 0 amide bonds. The van der Waals surface area contributed by atoms with Crippen molar-refractivity contribution < 1.29 is 22.3 Å². The van der Waals surface area contributed by atoms with E-state index in [0.717, 1.165) is 5.57 Å². The van der Waals surface area contributed by atoms with Gasteiger partial charge in [0.15, 0.2) is 0 Å². The molecule has 0 unspecified atom stereocenters. The monoisotopic (exact) mass is 347 g/mol. The molecule has 1 heterocycles. The lowest BCUT2D eigenvalue weighted by molar-refractivity contribution is -0.274. The Balaban J connectivity index is 1.88. The van der Waals surface area contributed by atoms with E-state index in [1.807, 2.05) is 0 Å². The van der Waals surface area contributed by atoms with Crippen molar-refractivity contribution in [2.75, 3.05) is 4.90 Å². The molecule has 0 aliphatic carbocycles. The van der Waals surface area contributed by atoms with Crippen LogP contribution >= 0.6 is 0 Å². The van der Waals surface area contributed by atoms with Gasteiger partial charge in [-0.3, -0.25) is 0 Å². The maximum atomic E-state index is 13.4. The Labute approximate surface area is 142 Å². The summed E-state index contributed by atoms with van der Waals surface area (Å²) in [6, 6.07) is 11.6. The highest BCUT2D eigenvalue weighted by Gasteiger charge is 2.31. The minimum Gasteiger partial charge on any atom is -0.406 e. The molecule has 1 aliphatic heterocycles. The molecule has 0 atom stereocenters. The third kappa shape index (κ3) is 4.09. The van der Waals surface area contributed by atoms with Crippen LogP contribution in [0.15, 0.2) is 79.2 Å². The fourth-order valence-corrected chi connectivity index (χ4v) is 2.42. The van der Waals surface area contributed by atoms with Crippen LogP contribution in [0.2, 0.25) is 0 Å². The van der Waals surface area contributed by atoms with Crippen LogP contribution in [-0.2, 0) is 0 Å². The first-order valence-electron chi connectivity index (χ1n) is 7.32. The molecule has 1 aliphatic rings. The number of hydrogen-bond donors (Lipinski definition) is 0. The molecule has 0 spiro atoms. The molecule has 2 aromatic rings. The summed E-state index contributed by atoms with van der Waals surface area (Å²) in [5.41, 5.74) is 2.68. The third-order valence-corrected chi connectivity index (χ3v) is 3.54. The van der Waals surface area contributed by atoms with E-state index in [1.165, 1.54) is 36.4 Å². The quantitative estimate of drug-likeness (QED) is 0.665. The zero-order valence-corrected chi connectivity index (χ0v) is 12.9. The molecule has 2 nitrogen and oxygen atoms in total. The van der Waals surface area contributed by atoms with Gasteiger partial charge in [0.25, 0.3) is 0 Å². The van der Waals surface area contributed by atoms with Crippen LogP contribution in [-0.4, -0.2) is 6.36 Å². The van der Waals surface area contributed by atoms with Crippen LogP contribution in [0.25, 0.3) is 5.57 Å². The number of alkyl halides is 3. The number of halogens is 4. The average molecular weight is 347 g/mol. The van der Waals surface area contributed by atoms with Gasteiger partial charge in [-0.2, -0.15) is 0 Å². The van der Waals surface area contributed by atoms with Crippen LogP contribution in [0, 0.1) is 5.82 Å². The molecule has 0 bridgehead atoms. The molecule has 6 heteroatoms. The number of anilines is 1. The van der Waals surface area contributed by atoms with E-state index in [2.05, 4.69) is 11.3 Å². The Hall–Kier alpha value is -3.02. The molecule has 2 aromatic carbocycles. The molecule has 0 aromatic heterocycles. The summed E-state index contributed by atoms with van der Waals surface area (Å²) in [5.74, 6) is -0.653. The Bertz CT molecular complexity index is 850. The summed E-state index contributed by atoms with van der Waals surface area (Å²) in [7, 11) is 0. The summed E-state index contributed by atoms with van der Waals surface area (Å²) in [6.07, 6.45) is 0.565. The molecule has 25 heavy (non-hydrogen) atoms. The highest BCUT2D eigenvalue weighted by atomic mass is 19.4. The van der Waals surface area contributed by atoms with Gasteiger partial charge >= 0.3 is 6.36 Å². The van der Waals surface area contributed by atoms with Crippen molar-refractivity contribution in [3.8, 4) is 5.75 Å². The van der Waals surface area contributed by atoms with Crippen LogP contribution in [0.4, 0.5) is 23.2 Å². The largest absolute Gasteiger partial charge is 0.573 e. The number of ether oxygens (including phenoxy) is 1. The Morgan fingerprint density at radius 2 is 1.68 bits per heavy atom. The molecular formula is C19H13F4NO. The summed E-state index contributed by atoms with van der Waals surface area (Å²) >= 11 is 0. The predicted molar refractivity (Wildman–Crippen MR) is 88.3 cm³/mol. The molecule has 0 fully saturated rings. The van der Waals surface area contributed by atoms with Crippen molar-refractivity contribution in [2.24, 2.45) is 0 Å². The normalized spacial score (nSPS) is 14.5. The van der Waals surface area contributed by atoms with Crippen molar-refractivity contribution in [2.45, 2.75) is 6.36 Å². The number of nitrogens with zero attached hydrogens (tertiary/aromatic N) is 1. The van der Waals surface area contributed by atoms with Crippen molar-refractivity contribution in [3.05, 3.63) is 90.5 Å².